The molecule has 0 saturated carbocycles. The van der Waals surface area contributed by atoms with Gasteiger partial charge in [0.15, 0.2) is 0 Å². The summed E-state index contributed by atoms with van der Waals surface area (Å²) < 4.78 is 5.05. The summed E-state index contributed by atoms with van der Waals surface area (Å²) in [7, 11) is 0. The molecule has 180 valence electrons. The first kappa shape index (κ1) is 23.4. The molecule has 10 heteroatoms. The molecule has 0 radical (unpaired) electrons. The topological polar surface area (TPSA) is 135 Å². The molecule has 0 aromatic heterocycles. The van der Waals surface area contributed by atoms with Crippen LogP contribution in [0.4, 0.5) is 16.2 Å². The number of likely N-dealkylation sites (tertiary alicyclic amines) is 1. The number of hydrogen-bond donors (Lipinski definition) is 4. The monoisotopic (exact) mass is 467 g/mol. The smallest absolute Gasteiger partial charge is 0.410 e. The van der Waals surface area contributed by atoms with Crippen LogP contribution < -0.4 is 15.5 Å². The fourth-order valence-electron chi connectivity index (χ4n) is 4.68. The molecule has 0 spiro atoms. The van der Waals surface area contributed by atoms with Gasteiger partial charge in [0.25, 0.3) is 11.8 Å². The predicted octanol–water partition coefficient (Wildman–Crippen LogP) is 2.19. The van der Waals surface area contributed by atoms with E-state index in [0.717, 1.165) is 18.8 Å². The Hall–Kier alpha value is -3.78. The van der Waals surface area contributed by atoms with Crippen LogP contribution in [-0.4, -0.2) is 72.6 Å². The molecular weight excluding hydrogens is 438 g/mol. The molecule has 3 heterocycles. The van der Waals surface area contributed by atoms with Gasteiger partial charge in [-0.25, -0.2) is 4.79 Å². The summed E-state index contributed by atoms with van der Waals surface area (Å²) in [4.78, 5) is 41.5. The second kappa shape index (κ2) is 10.4. The summed E-state index contributed by atoms with van der Waals surface area (Å²) in [5, 5.41) is 23.2. The summed E-state index contributed by atoms with van der Waals surface area (Å²) in [6.45, 7) is 2.39. The lowest BCUT2D eigenvalue weighted by Crippen LogP contribution is -2.57. The maximum atomic E-state index is 12.9. The largest absolute Gasteiger partial charge is 0.511 e. The van der Waals surface area contributed by atoms with E-state index in [1.807, 2.05) is 18.0 Å². The molecular formula is C24H29N5O5. The fraction of sp³-hybridized carbons (Fsp3) is 0.458. The van der Waals surface area contributed by atoms with Crippen LogP contribution in [0.25, 0.3) is 0 Å². The predicted molar refractivity (Wildman–Crippen MR) is 126 cm³/mol. The van der Waals surface area contributed by atoms with Crippen LogP contribution in [0.5, 0.6) is 0 Å². The lowest BCUT2D eigenvalue weighted by Gasteiger charge is -2.40. The number of ether oxygens (including phenoxy) is 1. The average Bonchev–Trinajstić information content (AvgIpc) is 2.85. The second-order valence-electron chi connectivity index (χ2n) is 8.66. The maximum Gasteiger partial charge on any atom is 0.410 e. The van der Waals surface area contributed by atoms with Crippen molar-refractivity contribution in [1.29, 1.82) is 5.41 Å². The summed E-state index contributed by atoms with van der Waals surface area (Å²) in [5.41, 5.74) is 1.26. The van der Waals surface area contributed by atoms with Gasteiger partial charge in [-0.15, -0.1) is 0 Å². The Balaban J connectivity index is 1.44. The molecule has 1 aromatic rings. The number of anilines is 2. The molecule has 34 heavy (non-hydrogen) atoms. The Kier molecular flexibility index (Phi) is 7.18. The fourth-order valence-corrected chi connectivity index (χ4v) is 4.68. The van der Waals surface area contributed by atoms with E-state index in [4.69, 9.17) is 10.1 Å². The third-order valence-electron chi connectivity index (χ3n) is 6.49. The number of amides is 3. The highest BCUT2D eigenvalue weighted by molar-refractivity contribution is 6.23. The molecule has 4 rings (SSSR count). The zero-order valence-corrected chi connectivity index (χ0v) is 18.9. The number of piperidine rings is 2. The summed E-state index contributed by atoms with van der Waals surface area (Å²) in [6.07, 6.45) is 4.68. The molecule has 3 aliphatic heterocycles. The van der Waals surface area contributed by atoms with E-state index in [1.165, 1.54) is 30.2 Å². The van der Waals surface area contributed by atoms with Crippen LogP contribution in [-0.2, 0) is 14.3 Å². The molecule has 0 unspecified atom stereocenters. The Morgan fingerprint density at radius 3 is 2.65 bits per heavy atom. The number of hydrogen-bond acceptors (Lipinski definition) is 7. The average molecular weight is 468 g/mol. The van der Waals surface area contributed by atoms with Crippen LogP contribution in [0.3, 0.4) is 0 Å². The number of benzene rings is 1. The lowest BCUT2D eigenvalue weighted by atomic mass is 9.85. The minimum atomic E-state index is -0.699. The van der Waals surface area contributed by atoms with E-state index < -0.39 is 23.8 Å². The summed E-state index contributed by atoms with van der Waals surface area (Å²) >= 11 is 0. The van der Waals surface area contributed by atoms with Crippen molar-refractivity contribution >= 4 is 35.2 Å². The summed E-state index contributed by atoms with van der Waals surface area (Å²) in [5.74, 6) is -0.239. The highest BCUT2D eigenvalue weighted by atomic mass is 16.6. The van der Waals surface area contributed by atoms with Crippen molar-refractivity contribution < 1.29 is 24.2 Å². The quantitative estimate of drug-likeness (QED) is 0.387. The second-order valence-corrected chi connectivity index (χ2v) is 8.66. The normalized spacial score (nSPS) is 22.3. The van der Waals surface area contributed by atoms with Crippen molar-refractivity contribution in [2.45, 2.75) is 31.7 Å². The van der Waals surface area contributed by atoms with Crippen molar-refractivity contribution in [1.82, 2.24) is 10.2 Å². The number of fused-ring (bicyclic) bond motifs is 1. The van der Waals surface area contributed by atoms with Gasteiger partial charge in [-0.1, -0.05) is 0 Å². The molecule has 1 aromatic carbocycles. The van der Waals surface area contributed by atoms with E-state index in [1.54, 1.807) is 12.1 Å². The van der Waals surface area contributed by atoms with Gasteiger partial charge in [-0.3, -0.25) is 15.0 Å². The van der Waals surface area contributed by atoms with Crippen molar-refractivity contribution in [2.75, 3.05) is 43.0 Å². The zero-order chi connectivity index (χ0) is 24.1. The molecule has 10 nitrogen and oxygen atoms in total. The molecule has 4 N–H and O–H groups in total. The molecule has 2 saturated heterocycles. The van der Waals surface area contributed by atoms with Crippen LogP contribution >= 0.6 is 0 Å². The van der Waals surface area contributed by atoms with E-state index >= 15 is 0 Å². The summed E-state index contributed by atoms with van der Waals surface area (Å²) in [6, 6.07) is 7.06. The SMILES string of the molecule is N=C=CCOC(=O)N1CC[C@@H]2NC(=O)C(C(=O)Nc3ccc(N4CCCCC4)cc3)=C(O)[C@H]2C1. The number of carbonyl (C=O) groups is 3. The first-order chi connectivity index (χ1) is 16.5. The minimum absolute atomic E-state index is 0.0737. The Morgan fingerprint density at radius 2 is 1.94 bits per heavy atom. The van der Waals surface area contributed by atoms with Gasteiger partial charge in [-0.05, 0) is 55.8 Å². The van der Waals surface area contributed by atoms with Crippen molar-refractivity contribution in [3.8, 4) is 0 Å². The first-order valence-electron chi connectivity index (χ1n) is 11.5. The number of aliphatic hydroxyl groups is 1. The van der Waals surface area contributed by atoms with Crippen molar-refractivity contribution in [3.63, 3.8) is 0 Å². The maximum absolute atomic E-state index is 12.9. The van der Waals surface area contributed by atoms with Gasteiger partial charge in [-0.2, -0.15) is 0 Å². The lowest BCUT2D eigenvalue weighted by molar-refractivity contribution is -0.124. The highest BCUT2D eigenvalue weighted by Crippen LogP contribution is 2.30. The number of rotatable bonds is 5. The Bertz CT molecular complexity index is 1020. The van der Waals surface area contributed by atoms with Gasteiger partial charge in [0.1, 0.15) is 17.9 Å². The minimum Gasteiger partial charge on any atom is -0.511 e. The Labute approximate surface area is 197 Å². The van der Waals surface area contributed by atoms with Crippen LogP contribution in [0, 0.1) is 11.3 Å². The first-order valence-corrected chi connectivity index (χ1v) is 11.5. The number of nitrogens with one attached hydrogen (secondary N) is 3. The van der Waals surface area contributed by atoms with Crippen LogP contribution in [0.2, 0.25) is 0 Å². The molecule has 0 aliphatic carbocycles. The third kappa shape index (κ3) is 5.07. The van der Waals surface area contributed by atoms with Crippen molar-refractivity contribution in [3.05, 3.63) is 41.7 Å². The highest BCUT2D eigenvalue weighted by Gasteiger charge is 2.43. The molecule has 2 atom stereocenters. The molecule has 3 aliphatic rings. The van der Waals surface area contributed by atoms with E-state index in [9.17, 15) is 19.5 Å². The van der Waals surface area contributed by atoms with Crippen molar-refractivity contribution in [2.24, 2.45) is 5.92 Å². The van der Waals surface area contributed by atoms with Gasteiger partial charge in [0.2, 0.25) is 0 Å². The standard InChI is InChI=1S/C24H29N5O5/c25-10-4-14-34-24(33)29-13-9-19-18(15-29)21(30)20(23(32)27-19)22(31)26-16-5-7-17(8-6-16)28-11-2-1-3-12-28/h4-8,18-19,25,30H,1-3,9,11-15H2,(H,26,31)(H,27,32)/t18-,19-/m0/s1. The van der Waals surface area contributed by atoms with E-state index in [0.29, 0.717) is 18.7 Å². The molecule has 2 fully saturated rings. The zero-order valence-electron chi connectivity index (χ0n) is 18.9. The van der Waals surface area contributed by atoms with E-state index in [-0.39, 0.29) is 30.5 Å². The number of nitrogens with zero attached hydrogens (tertiary/aromatic N) is 2. The number of aliphatic hydroxyl groups excluding tert-OH is 1. The molecule has 3 amide bonds. The number of carbonyl (C=O) groups excluding carboxylic acids is 3. The Morgan fingerprint density at radius 1 is 1.21 bits per heavy atom. The van der Waals surface area contributed by atoms with Crippen LogP contribution in [0.1, 0.15) is 25.7 Å². The van der Waals surface area contributed by atoms with Crippen LogP contribution in [0.15, 0.2) is 41.7 Å². The van der Waals surface area contributed by atoms with Gasteiger partial charge in [0.05, 0.1) is 5.92 Å². The third-order valence-corrected chi connectivity index (χ3v) is 6.49. The van der Waals surface area contributed by atoms with E-state index in [2.05, 4.69) is 15.5 Å². The molecule has 0 bridgehead atoms. The van der Waals surface area contributed by atoms with Gasteiger partial charge in [0, 0.05) is 49.7 Å². The van der Waals surface area contributed by atoms with Gasteiger partial charge < -0.3 is 30.3 Å². The van der Waals surface area contributed by atoms with Gasteiger partial charge >= 0.3 is 6.09 Å².